The van der Waals surface area contributed by atoms with Crippen LogP contribution < -0.4 is 0 Å². The van der Waals surface area contributed by atoms with Crippen LogP contribution in [0, 0.1) is 90.0 Å². The highest BCUT2D eigenvalue weighted by atomic mass is 15.0. The summed E-state index contributed by atoms with van der Waals surface area (Å²) in [4.78, 5) is 0. The van der Waals surface area contributed by atoms with Crippen molar-refractivity contribution in [2.45, 2.75) is 90.0 Å². The lowest BCUT2D eigenvalue weighted by atomic mass is 9.90. The van der Waals surface area contributed by atoms with Crippen LogP contribution >= 0.6 is 0 Å². The number of benzene rings is 3. The summed E-state index contributed by atoms with van der Waals surface area (Å²) in [7, 11) is 0. The minimum absolute atomic E-state index is 1.38. The Morgan fingerprint density at radius 3 is 0.875 bits per heavy atom. The van der Waals surface area contributed by atoms with E-state index in [0.29, 0.717) is 0 Å². The number of hydrogen-bond acceptors (Lipinski definition) is 0. The van der Waals surface area contributed by atoms with Gasteiger partial charge in [0.1, 0.15) is 0 Å². The number of hydrogen-bond donors (Lipinski definition) is 0. The van der Waals surface area contributed by atoms with E-state index in [0.717, 1.165) is 0 Å². The van der Waals surface area contributed by atoms with Crippen molar-refractivity contribution in [2.75, 3.05) is 0 Å². The van der Waals surface area contributed by atoms with Gasteiger partial charge in [-0.25, -0.2) is 0 Å². The van der Waals surface area contributed by atoms with E-state index in [4.69, 9.17) is 0 Å². The smallest absolute Gasteiger partial charge is 0.0576 e. The van der Waals surface area contributed by atoms with Crippen LogP contribution in [0.2, 0.25) is 0 Å². The molecule has 0 aliphatic carbocycles. The third-order valence-electron chi connectivity index (χ3n) is 9.19. The molecule has 0 spiro atoms. The summed E-state index contributed by atoms with van der Waals surface area (Å²) in [6.45, 7) is 29.9. The van der Waals surface area contributed by atoms with E-state index in [1.165, 1.54) is 99.8 Å². The van der Waals surface area contributed by atoms with Crippen LogP contribution in [0.25, 0.3) is 27.5 Å². The van der Waals surface area contributed by atoms with Crippen molar-refractivity contribution < 1.29 is 0 Å². The minimum atomic E-state index is 1.38. The Balaban J connectivity index is 2.50. The lowest BCUT2D eigenvalue weighted by molar-refractivity contribution is 1.05. The molecule has 1 aromatic heterocycles. The van der Waals surface area contributed by atoms with Crippen molar-refractivity contribution in [1.82, 2.24) is 4.57 Å². The largest absolute Gasteiger partial charge is 0.308 e. The summed E-state index contributed by atoms with van der Waals surface area (Å²) in [5.74, 6) is 0. The van der Waals surface area contributed by atoms with Gasteiger partial charge < -0.3 is 4.57 Å². The lowest BCUT2D eigenvalue weighted by Crippen LogP contribution is -2.08. The van der Waals surface area contributed by atoms with E-state index in [1.807, 2.05) is 0 Å². The van der Waals surface area contributed by atoms with Crippen LogP contribution in [-0.2, 0) is 0 Å². The summed E-state index contributed by atoms with van der Waals surface area (Å²) in [5, 5.41) is 2.89. The number of rotatable bonds is 1. The van der Waals surface area contributed by atoms with E-state index >= 15 is 0 Å². The van der Waals surface area contributed by atoms with E-state index in [1.54, 1.807) is 0 Å². The Labute approximate surface area is 194 Å². The van der Waals surface area contributed by atoms with Gasteiger partial charge in [0.25, 0.3) is 0 Å². The Morgan fingerprint density at radius 2 is 0.531 bits per heavy atom. The first-order valence-corrected chi connectivity index (χ1v) is 11.9. The Kier molecular flexibility index (Phi) is 5.12. The molecule has 0 saturated heterocycles. The molecule has 0 bridgehead atoms. The van der Waals surface area contributed by atoms with Crippen molar-refractivity contribution in [3.63, 3.8) is 0 Å². The molecule has 4 rings (SSSR count). The highest BCUT2D eigenvalue weighted by Crippen LogP contribution is 2.45. The first kappa shape index (κ1) is 22.6. The van der Waals surface area contributed by atoms with Crippen LogP contribution in [0.4, 0.5) is 0 Å². The summed E-state index contributed by atoms with van der Waals surface area (Å²) in [5.41, 5.74) is 22.5. The second-order valence-electron chi connectivity index (χ2n) is 10.3. The van der Waals surface area contributed by atoms with Gasteiger partial charge >= 0.3 is 0 Å². The predicted octanol–water partition coefficient (Wildman–Crippen LogP) is 8.79. The summed E-state index contributed by atoms with van der Waals surface area (Å²) >= 11 is 0. The molecule has 0 unspecified atom stereocenters. The molecule has 32 heavy (non-hydrogen) atoms. The van der Waals surface area contributed by atoms with Crippen LogP contribution in [-0.4, -0.2) is 4.57 Å². The maximum Gasteiger partial charge on any atom is 0.0576 e. The molecule has 0 atom stereocenters. The van der Waals surface area contributed by atoms with Crippen molar-refractivity contribution in [1.29, 1.82) is 0 Å². The van der Waals surface area contributed by atoms with Crippen molar-refractivity contribution in [3.05, 3.63) is 72.3 Å². The number of fused-ring (bicyclic) bond motifs is 3. The molecule has 168 valence electrons. The normalized spacial score (nSPS) is 11.9. The molecule has 0 fully saturated rings. The van der Waals surface area contributed by atoms with E-state index < -0.39 is 0 Å². The van der Waals surface area contributed by atoms with E-state index in [-0.39, 0.29) is 0 Å². The minimum Gasteiger partial charge on any atom is -0.308 e. The Morgan fingerprint density at radius 1 is 0.281 bits per heavy atom. The maximum atomic E-state index is 2.64. The van der Waals surface area contributed by atoms with Crippen LogP contribution in [0.3, 0.4) is 0 Å². The molecule has 0 saturated carbocycles. The molecule has 0 radical (unpaired) electrons. The number of aromatic nitrogens is 1. The Hall–Kier alpha value is -2.54. The highest BCUT2D eigenvalue weighted by Gasteiger charge is 2.26. The molecule has 0 aliphatic heterocycles. The first-order chi connectivity index (χ1) is 14.8. The maximum absolute atomic E-state index is 2.64. The zero-order valence-corrected chi connectivity index (χ0v) is 22.4. The molecule has 0 N–H and O–H groups in total. The van der Waals surface area contributed by atoms with Gasteiger partial charge in [0.05, 0.1) is 16.7 Å². The fourth-order valence-electron chi connectivity index (χ4n) is 5.91. The highest BCUT2D eigenvalue weighted by molar-refractivity contribution is 6.15. The van der Waals surface area contributed by atoms with Crippen LogP contribution in [0.1, 0.15) is 72.3 Å². The molecule has 1 heteroatoms. The SMILES string of the molecule is Cc1c(C)c(C)c(-n2c3c(C)c(C)c(C)c(C)c3c3c(C)c(C)c(C)c(C)c32)c(C)c1C. The van der Waals surface area contributed by atoms with Crippen LogP contribution in [0.15, 0.2) is 0 Å². The second kappa shape index (κ2) is 7.24. The van der Waals surface area contributed by atoms with Crippen molar-refractivity contribution in [3.8, 4) is 5.69 Å². The molecule has 3 aromatic carbocycles. The summed E-state index contributed by atoms with van der Waals surface area (Å²) in [6.07, 6.45) is 0. The Bertz CT molecular complexity index is 1370. The standard InChI is InChI=1S/C31H39N/c1-14-17(4)23(10)29(24(11)18(14)5)32-30-25(12)19(6)15(2)21(8)27(30)28-22(9)16(3)20(7)26(13)31(28)32/h1-13H3. The van der Waals surface area contributed by atoms with Gasteiger partial charge in [-0.1, -0.05) is 0 Å². The van der Waals surface area contributed by atoms with E-state index in [2.05, 4.69) is 94.6 Å². The predicted molar refractivity (Wildman–Crippen MR) is 142 cm³/mol. The lowest BCUT2D eigenvalue weighted by Gasteiger charge is -2.23. The van der Waals surface area contributed by atoms with Gasteiger partial charge in [0.2, 0.25) is 0 Å². The van der Waals surface area contributed by atoms with Crippen molar-refractivity contribution >= 4 is 21.8 Å². The van der Waals surface area contributed by atoms with Gasteiger partial charge in [-0.3, -0.25) is 0 Å². The van der Waals surface area contributed by atoms with Gasteiger partial charge in [-0.05, 0) is 162 Å². The summed E-state index contributed by atoms with van der Waals surface area (Å²) in [6, 6.07) is 0. The fraction of sp³-hybridized carbons (Fsp3) is 0.419. The van der Waals surface area contributed by atoms with Crippen LogP contribution in [0.5, 0.6) is 0 Å². The molecule has 4 aromatic rings. The third-order valence-corrected chi connectivity index (χ3v) is 9.19. The fourth-order valence-corrected chi connectivity index (χ4v) is 5.91. The van der Waals surface area contributed by atoms with Gasteiger partial charge in [-0.2, -0.15) is 0 Å². The molecule has 0 amide bonds. The zero-order chi connectivity index (χ0) is 24.0. The monoisotopic (exact) mass is 425 g/mol. The molecular weight excluding hydrogens is 386 g/mol. The second-order valence-corrected chi connectivity index (χ2v) is 10.3. The molecule has 1 heterocycles. The molecule has 0 aliphatic rings. The molecular formula is C31H39N. The quantitative estimate of drug-likeness (QED) is 0.287. The zero-order valence-electron chi connectivity index (χ0n) is 22.4. The average molecular weight is 426 g/mol. The average Bonchev–Trinajstić information content (AvgIpc) is 3.12. The van der Waals surface area contributed by atoms with E-state index in [9.17, 15) is 0 Å². The van der Waals surface area contributed by atoms with Gasteiger partial charge in [0.15, 0.2) is 0 Å². The third kappa shape index (κ3) is 2.63. The van der Waals surface area contributed by atoms with Gasteiger partial charge in [-0.15, -0.1) is 0 Å². The first-order valence-electron chi connectivity index (χ1n) is 11.9. The number of aryl methyl sites for hydroxylation is 4. The van der Waals surface area contributed by atoms with Gasteiger partial charge in [0, 0.05) is 10.8 Å². The topological polar surface area (TPSA) is 4.93 Å². The summed E-state index contributed by atoms with van der Waals surface area (Å²) < 4.78 is 2.64. The molecule has 1 nitrogen and oxygen atoms in total. The van der Waals surface area contributed by atoms with Crippen molar-refractivity contribution in [2.24, 2.45) is 0 Å². The number of nitrogens with zero attached hydrogens (tertiary/aromatic N) is 1.